The molecule has 1 atom stereocenters. The van der Waals surface area contributed by atoms with Gasteiger partial charge in [-0.05, 0) is 83.5 Å². The molecule has 9 heteroatoms. The van der Waals surface area contributed by atoms with Crippen LogP contribution in [0, 0.1) is 0 Å². The van der Waals surface area contributed by atoms with Crippen LogP contribution < -0.4 is 0 Å². The summed E-state index contributed by atoms with van der Waals surface area (Å²) in [6.45, 7) is 3.36. The Hall–Kier alpha value is -3.03. The molecule has 282 valence electrons. The molecule has 50 heavy (non-hydrogen) atoms. The van der Waals surface area contributed by atoms with E-state index >= 15 is 0 Å². The molecule has 0 fully saturated rings. The molecule has 8 nitrogen and oxygen atoms in total. The highest BCUT2D eigenvalue weighted by molar-refractivity contribution is 7.46. The highest BCUT2D eigenvalue weighted by Crippen LogP contribution is 2.35. The molecular formula is C41H65O8P. The third-order valence-corrected chi connectivity index (χ3v) is 7.58. The second-order valence-corrected chi connectivity index (χ2v) is 13.0. The molecular weight excluding hydrogens is 651 g/mol. The van der Waals surface area contributed by atoms with Crippen molar-refractivity contribution < 1.29 is 37.9 Å². The first kappa shape index (κ1) is 47.0. The number of unbranched alkanes of at least 4 members (excludes halogenated alkanes) is 6. The van der Waals surface area contributed by atoms with Crippen LogP contribution in [-0.4, -0.2) is 41.0 Å². The largest absolute Gasteiger partial charge is 0.469 e. The number of carbonyl (C=O) groups excluding carboxylic acids is 2. The number of allylic oxidation sites excluding steroid dienone is 16. The average Bonchev–Trinajstić information content (AvgIpc) is 3.08. The third kappa shape index (κ3) is 37.8. The molecule has 0 aliphatic rings. The molecule has 0 saturated carbocycles. The van der Waals surface area contributed by atoms with E-state index in [2.05, 4.69) is 110 Å². The summed E-state index contributed by atoms with van der Waals surface area (Å²) in [6, 6.07) is 0. The van der Waals surface area contributed by atoms with Crippen molar-refractivity contribution in [3.8, 4) is 0 Å². The van der Waals surface area contributed by atoms with Crippen LogP contribution in [0.1, 0.15) is 129 Å². The Morgan fingerprint density at radius 1 is 0.520 bits per heavy atom. The quantitative estimate of drug-likeness (QED) is 0.0305. The highest BCUT2D eigenvalue weighted by atomic mass is 31.2. The summed E-state index contributed by atoms with van der Waals surface area (Å²) in [5, 5.41) is 0. The average molecular weight is 717 g/mol. The molecule has 0 radical (unpaired) electrons. The standard InChI is InChI=1S/C41H65O8P/c1-3-5-7-9-11-13-15-17-19-20-22-23-25-27-29-31-33-35-40(42)47-37-39(38-48-50(44,45)46)49-41(43)36-34-32-30-28-26-24-21-18-16-14-12-10-8-6-4-2/h5-8,11-14,17-19,21-23,27,29,39H,3-4,9-10,15-16,20,24-26,28,30-38H2,1-2H3,(H2,44,45,46)/b7-5-,8-6-,13-11-,14-12-,19-17-,21-18-,23-22-,29-27-/t39-/m1/s1. The zero-order chi connectivity index (χ0) is 36.8. The van der Waals surface area contributed by atoms with E-state index in [-0.39, 0.29) is 19.4 Å². The van der Waals surface area contributed by atoms with Crippen LogP contribution >= 0.6 is 7.82 Å². The number of hydrogen-bond donors (Lipinski definition) is 2. The Labute approximate surface area is 303 Å². The van der Waals surface area contributed by atoms with Gasteiger partial charge in [-0.1, -0.05) is 130 Å². The maximum Gasteiger partial charge on any atom is 0.469 e. The van der Waals surface area contributed by atoms with Crippen molar-refractivity contribution in [2.45, 2.75) is 136 Å². The van der Waals surface area contributed by atoms with Gasteiger partial charge in [0.05, 0.1) is 6.61 Å². The van der Waals surface area contributed by atoms with E-state index < -0.39 is 32.5 Å². The van der Waals surface area contributed by atoms with Crippen LogP contribution in [0.5, 0.6) is 0 Å². The molecule has 0 amide bonds. The zero-order valence-corrected chi connectivity index (χ0v) is 31.6. The Morgan fingerprint density at radius 2 is 0.920 bits per heavy atom. The van der Waals surface area contributed by atoms with Crippen LogP contribution in [0.15, 0.2) is 97.2 Å². The van der Waals surface area contributed by atoms with E-state index in [0.717, 1.165) is 83.5 Å². The zero-order valence-electron chi connectivity index (χ0n) is 30.7. The van der Waals surface area contributed by atoms with Crippen molar-refractivity contribution in [1.82, 2.24) is 0 Å². The van der Waals surface area contributed by atoms with Crippen molar-refractivity contribution >= 4 is 19.8 Å². The maximum absolute atomic E-state index is 12.4. The number of phosphoric acid groups is 1. The predicted molar refractivity (Wildman–Crippen MR) is 206 cm³/mol. The van der Waals surface area contributed by atoms with Gasteiger partial charge in [0.15, 0.2) is 6.10 Å². The van der Waals surface area contributed by atoms with Crippen molar-refractivity contribution in [2.24, 2.45) is 0 Å². The minimum absolute atomic E-state index is 0.174. The summed E-state index contributed by atoms with van der Waals surface area (Å²) < 4.78 is 26.2. The van der Waals surface area contributed by atoms with Crippen molar-refractivity contribution in [3.05, 3.63) is 97.2 Å². The van der Waals surface area contributed by atoms with Crippen molar-refractivity contribution in [2.75, 3.05) is 13.2 Å². The van der Waals surface area contributed by atoms with Gasteiger partial charge in [0.2, 0.25) is 0 Å². The summed E-state index contributed by atoms with van der Waals surface area (Å²) in [5.41, 5.74) is 0. The van der Waals surface area contributed by atoms with Gasteiger partial charge in [0, 0.05) is 12.8 Å². The molecule has 0 saturated heterocycles. The van der Waals surface area contributed by atoms with Crippen molar-refractivity contribution in [1.29, 1.82) is 0 Å². The molecule has 0 bridgehead atoms. The SMILES string of the molecule is CC/C=C\C/C=C\C/C=C\C/C=C\C/C=C\CCCC(=O)OC[C@H](COP(=O)(O)O)OC(=O)CCCCCCC/C=C\C/C=C\C/C=C\CC. The fourth-order valence-electron chi connectivity index (χ4n) is 4.42. The van der Waals surface area contributed by atoms with Gasteiger partial charge in [-0.15, -0.1) is 0 Å². The normalized spacial score (nSPS) is 13.6. The smallest absolute Gasteiger partial charge is 0.462 e. The van der Waals surface area contributed by atoms with Crippen LogP contribution in [0.2, 0.25) is 0 Å². The molecule has 2 N–H and O–H groups in total. The molecule has 0 heterocycles. The minimum Gasteiger partial charge on any atom is -0.462 e. The monoisotopic (exact) mass is 716 g/mol. The Kier molecular flexibility index (Phi) is 33.6. The van der Waals surface area contributed by atoms with Gasteiger partial charge in [-0.25, -0.2) is 4.57 Å². The summed E-state index contributed by atoms with van der Waals surface area (Å²) in [7, 11) is -4.77. The maximum atomic E-state index is 12.4. The van der Waals surface area contributed by atoms with Gasteiger partial charge in [-0.3, -0.25) is 14.1 Å². The highest BCUT2D eigenvalue weighted by Gasteiger charge is 2.22. The first-order chi connectivity index (χ1) is 24.3. The third-order valence-electron chi connectivity index (χ3n) is 7.10. The van der Waals surface area contributed by atoms with Crippen LogP contribution in [0.3, 0.4) is 0 Å². The molecule has 0 unspecified atom stereocenters. The minimum atomic E-state index is -4.77. The van der Waals surface area contributed by atoms with E-state index in [9.17, 15) is 14.2 Å². The molecule has 0 aliphatic heterocycles. The molecule has 0 aliphatic carbocycles. The lowest BCUT2D eigenvalue weighted by Crippen LogP contribution is -2.29. The van der Waals surface area contributed by atoms with Gasteiger partial charge >= 0.3 is 19.8 Å². The number of phosphoric ester groups is 1. The first-order valence-corrected chi connectivity index (χ1v) is 20.1. The molecule has 0 aromatic rings. The Bertz CT molecular complexity index is 1120. The van der Waals surface area contributed by atoms with Gasteiger partial charge in [0.25, 0.3) is 0 Å². The van der Waals surface area contributed by atoms with Crippen molar-refractivity contribution in [3.63, 3.8) is 0 Å². The number of carbonyl (C=O) groups is 2. The fourth-order valence-corrected chi connectivity index (χ4v) is 4.78. The Balaban J connectivity index is 4.13. The summed E-state index contributed by atoms with van der Waals surface area (Å²) in [4.78, 5) is 42.7. The molecule has 0 spiro atoms. The number of esters is 2. The van der Waals surface area contributed by atoms with E-state index in [1.165, 1.54) is 0 Å². The lowest BCUT2D eigenvalue weighted by Gasteiger charge is -2.18. The van der Waals surface area contributed by atoms with E-state index in [0.29, 0.717) is 19.3 Å². The molecule has 0 aromatic carbocycles. The van der Waals surface area contributed by atoms with E-state index in [1.54, 1.807) is 0 Å². The lowest BCUT2D eigenvalue weighted by atomic mass is 10.1. The van der Waals surface area contributed by atoms with Crippen LogP contribution in [0.4, 0.5) is 0 Å². The number of ether oxygens (including phenoxy) is 2. The Morgan fingerprint density at radius 3 is 1.40 bits per heavy atom. The molecule has 0 rings (SSSR count). The topological polar surface area (TPSA) is 119 Å². The molecule has 0 aromatic heterocycles. The number of hydrogen-bond acceptors (Lipinski definition) is 6. The summed E-state index contributed by atoms with van der Waals surface area (Å²) in [6.07, 6.45) is 48.5. The van der Waals surface area contributed by atoms with Crippen LogP contribution in [-0.2, 0) is 28.2 Å². The number of rotatable bonds is 32. The van der Waals surface area contributed by atoms with Gasteiger partial charge in [-0.2, -0.15) is 0 Å². The van der Waals surface area contributed by atoms with E-state index in [1.807, 2.05) is 6.08 Å². The predicted octanol–water partition coefficient (Wildman–Crippen LogP) is 11.1. The lowest BCUT2D eigenvalue weighted by molar-refractivity contribution is -0.161. The fraction of sp³-hybridized carbons (Fsp3) is 0.561. The summed E-state index contributed by atoms with van der Waals surface area (Å²) in [5.74, 6) is -0.986. The second kappa shape index (κ2) is 35.8. The van der Waals surface area contributed by atoms with E-state index in [4.69, 9.17) is 19.3 Å². The summed E-state index contributed by atoms with van der Waals surface area (Å²) >= 11 is 0. The van der Waals surface area contributed by atoms with Crippen LogP contribution in [0.25, 0.3) is 0 Å². The van der Waals surface area contributed by atoms with Gasteiger partial charge < -0.3 is 19.3 Å². The second-order valence-electron chi connectivity index (χ2n) is 11.8. The first-order valence-electron chi connectivity index (χ1n) is 18.5. The van der Waals surface area contributed by atoms with Gasteiger partial charge in [0.1, 0.15) is 6.61 Å².